The predicted octanol–water partition coefficient (Wildman–Crippen LogP) is 3.17. The third kappa shape index (κ3) is 2.68. The van der Waals surface area contributed by atoms with Crippen molar-refractivity contribution in [2.45, 2.75) is 26.7 Å². The Morgan fingerprint density at radius 2 is 1.95 bits per heavy atom. The number of benzene rings is 1. The van der Waals surface area contributed by atoms with Crippen LogP contribution in [-0.4, -0.2) is 18.9 Å². The Kier molecular flexibility index (Phi) is 3.99. The Morgan fingerprint density at radius 1 is 1.32 bits per heavy atom. The third-order valence-corrected chi connectivity index (χ3v) is 4.09. The minimum Gasteiger partial charge on any atom is -0.316 e. The molecule has 1 atom stereocenters. The van der Waals surface area contributed by atoms with Crippen LogP contribution < -0.4 is 5.32 Å². The van der Waals surface area contributed by atoms with E-state index in [-0.39, 0.29) is 5.92 Å². The fourth-order valence-electron chi connectivity index (χ4n) is 2.69. The summed E-state index contributed by atoms with van der Waals surface area (Å²) in [5.74, 6) is -1.90. The van der Waals surface area contributed by atoms with E-state index >= 15 is 0 Å². The molecular weight excluding hydrogens is 248 g/mol. The summed E-state index contributed by atoms with van der Waals surface area (Å²) < 4.78 is 27.4. The first kappa shape index (κ1) is 14.1. The predicted molar refractivity (Wildman–Crippen MR) is 70.1 cm³/mol. The second-order valence-corrected chi connectivity index (χ2v) is 5.69. The monoisotopic (exact) mass is 267 g/mol. The smallest absolute Gasteiger partial charge is 0.174 e. The molecule has 19 heavy (non-hydrogen) atoms. The van der Waals surface area contributed by atoms with Crippen LogP contribution in [0, 0.1) is 23.0 Å². The molecule has 1 saturated heterocycles. The van der Waals surface area contributed by atoms with Gasteiger partial charge in [0.15, 0.2) is 5.78 Å². The highest BCUT2D eigenvalue weighted by Crippen LogP contribution is 2.36. The normalized spacial score (nSPS) is 20.3. The summed E-state index contributed by atoms with van der Waals surface area (Å²) in [6.07, 6.45) is 1.89. The van der Waals surface area contributed by atoms with E-state index in [4.69, 9.17) is 0 Å². The number of carbonyl (C=O) groups is 1. The minimum absolute atomic E-state index is 0.104. The van der Waals surface area contributed by atoms with E-state index < -0.39 is 28.4 Å². The zero-order valence-corrected chi connectivity index (χ0v) is 11.3. The molecule has 1 fully saturated rings. The quantitative estimate of drug-likeness (QED) is 0.852. The molecule has 4 heteroatoms. The molecule has 0 aromatic heterocycles. The van der Waals surface area contributed by atoms with Gasteiger partial charge in [-0.1, -0.05) is 19.9 Å². The highest BCUT2D eigenvalue weighted by molar-refractivity contribution is 6.00. The van der Waals surface area contributed by atoms with Crippen molar-refractivity contribution in [2.75, 3.05) is 13.1 Å². The Balaban J connectivity index is 2.31. The van der Waals surface area contributed by atoms with Crippen molar-refractivity contribution in [3.63, 3.8) is 0 Å². The number of hydrogen-bond donors (Lipinski definition) is 1. The van der Waals surface area contributed by atoms with Crippen molar-refractivity contribution >= 4 is 5.78 Å². The van der Waals surface area contributed by atoms with Gasteiger partial charge in [0.05, 0.1) is 5.56 Å². The molecule has 0 saturated carbocycles. The van der Waals surface area contributed by atoms with Crippen LogP contribution in [0.2, 0.25) is 0 Å². The average Bonchev–Trinajstić information content (AvgIpc) is 2.39. The Bertz CT molecular complexity index is 459. The van der Waals surface area contributed by atoms with Gasteiger partial charge in [-0.2, -0.15) is 0 Å². The largest absolute Gasteiger partial charge is 0.316 e. The molecule has 2 rings (SSSR count). The summed E-state index contributed by atoms with van der Waals surface area (Å²) in [6, 6.07) is 3.54. The maximum absolute atomic E-state index is 13.7. The molecule has 0 bridgehead atoms. The number of ketones is 1. The number of Topliss-reactive ketones (excluding diaryl/α,β-unsaturated/α-hetero) is 1. The lowest BCUT2D eigenvalue weighted by molar-refractivity contribution is 0.0699. The van der Waals surface area contributed by atoms with Crippen LogP contribution >= 0.6 is 0 Å². The van der Waals surface area contributed by atoms with Gasteiger partial charge >= 0.3 is 0 Å². The van der Waals surface area contributed by atoms with E-state index in [9.17, 15) is 13.6 Å². The first-order valence-corrected chi connectivity index (χ1v) is 6.64. The van der Waals surface area contributed by atoms with E-state index in [2.05, 4.69) is 5.32 Å². The maximum atomic E-state index is 13.7. The van der Waals surface area contributed by atoms with E-state index in [1.54, 1.807) is 13.8 Å². The number of hydrogen-bond acceptors (Lipinski definition) is 2. The number of piperidine rings is 1. The lowest BCUT2D eigenvalue weighted by atomic mass is 9.70. The van der Waals surface area contributed by atoms with Crippen molar-refractivity contribution in [2.24, 2.45) is 11.3 Å². The summed E-state index contributed by atoms with van der Waals surface area (Å²) in [7, 11) is 0. The highest BCUT2D eigenvalue weighted by atomic mass is 19.1. The molecule has 2 nitrogen and oxygen atoms in total. The van der Waals surface area contributed by atoms with Crippen LogP contribution in [-0.2, 0) is 0 Å². The standard InChI is InChI=1S/C15H19F2NO/c1-15(2,10-5-4-8-18-9-10)14(19)13-11(16)6-3-7-12(13)17/h3,6-7,10,18H,4-5,8-9H2,1-2H3. The van der Waals surface area contributed by atoms with E-state index in [0.29, 0.717) is 0 Å². The van der Waals surface area contributed by atoms with Crippen LogP contribution in [0.5, 0.6) is 0 Å². The van der Waals surface area contributed by atoms with Crippen LogP contribution in [0.1, 0.15) is 37.0 Å². The van der Waals surface area contributed by atoms with Crippen LogP contribution in [0.25, 0.3) is 0 Å². The van der Waals surface area contributed by atoms with Gasteiger partial charge in [-0.15, -0.1) is 0 Å². The second-order valence-electron chi connectivity index (χ2n) is 5.69. The van der Waals surface area contributed by atoms with Gasteiger partial charge in [-0.25, -0.2) is 8.78 Å². The third-order valence-electron chi connectivity index (χ3n) is 4.09. The molecule has 0 radical (unpaired) electrons. The molecule has 1 unspecified atom stereocenters. The van der Waals surface area contributed by atoms with Crippen LogP contribution in [0.15, 0.2) is 18.2 Å². The zero-order chi connectivity index (χ0) is 14.0. The highest BCUT2D eigenvalue weighted by Gasteiger charge is 2.39. The lowest BCUT2D eigenvalue weighted by Gasteiger charge is -2.36. The molecule has 104 valence electrons. The summed E-state index contributed by atoms with van der Waals surface area (Å²) >= 11 is 0. The van der Waals surface area contributed by atoms with Crippen molar-refractivity contribution in [3.05, 3.63) is 35.4 Å². The summed E-state index contributed by atoms with van der Waals surface area (Å²) in [5.41, 5.74) is -1.17. The lowest BCUT2D eigenvalue weighted by Crippen LogP contribution is -2.43. The summed E-state index contributed by atoms with van der Waals surface area (Å²) in [4.78, 5) is 12.5. The molecule has 0 amide bonds. The van der Waals surface area contributed by atoms with Gasteiger partial charge in [0, 0.05) is 5.41 Å². The summed E-state index contributed by atoms with van der Waals surface area (Å²) in [6.45, 7) is 5.21. The molecular formula is C15H19F2NO. The SMILES string of the molecule is CC(C)(C(=O)c1c(F)cccc1F)C1CCCNC1. The van der Waals surface area contributed by atoms with Gasteiger partial charge in [-0.3, -0.25) is 4.79 Å². The minimum atomic E-state index is -0.776. The van der Waals surface area contributed by atoms with Gasteiger partial charge < -0.3 is 5.32 Å². The molecule has 0 spiro atoms. The molecule has 1 aliphatic rings. The molecule has 1 aliphatic heterocycles. The van der Waals surface area contributed by atoms with Gasteiger partial charge in [0.1, 0.15) is 11.6 Å². The number of nitrogens with one attached hydrogen (secondary N) is 1. The van der Waals surface area contributed by atoms with Crippen molar-refractivity contribution < 1.29 is 13.6 Å². The molecule has 1 aromatic rings. The van der Waals surface area contributed by atoms with E-state index in [1.807, 2.05) is 0 Å². The molecule has 1 N–H and O–H groups in total. The number of halogens is 2. The Labute approximate surface area is 112 Å². The van der Waals surface area contributed by atoms with E-state index in [0.717, 1.165) is 38.1 Å². The maximum Gasteiger partial charge on any atom is 0.174 e. The molecule has 0 aliphatic carbocycles. The number of rotatable bonds is 3. The van der Waals surface area contributed by atoms with Crippen molar-refractivity contribution in [1.82, 2.24) is 5.32 Å². The molecule has 1 heterocycles. The Morgan fingerprint density at radius 3 is 2.47 bits per heavy atom. The number of carbonyl (C=O) groups excluding carboxylic acids is 1. The van der Waals surface area contributed by atoms with Gasteiger partial charge in [0.25, 0.3) is 0 Å². The van der Waals surface area contributed by atoms with Crippen LogP contribution in [0.3, 0.4) is 0 Å². The Hall–Kier alpha value is -1.29. The fraction of sp³-hybridized carbons (Fsp3) is 0.533. The second kappa shape index (κ2) is 5.37. The van der Waals surface area contributed by atoms with Gasteiger partial charge in [0.2, 0.25) is 0 Å². The van der Waals surface area contributed by atoms with Crippen molar-refractivity contribution in [3.8, 4) is 0 Å². The zero-order valence-electron chi connectivity index (χ0n) is 11.3. The summed E-state index contributed by atoms with van der Waals surface area (Å²) in [5, 5.41) is 3.24. The fourth-order valence-corrected chi connectivity index (χ4v) is 2.69. The van der Waals surface area contributed by atoms with Gasteiger partial charge in [-0.05, 0) is 44.0 Å². The first-order chi connectivity index (χ1) is 8.94. The van der Waals surface area contributed by atoms with Crippen molar-refractivity contribution in [1.29, 1.82) is 0 Å². The topological polar surface area (TPSA) is 29.1 Å². The van der Waals surface area contributed by atoms with Crippen LogP contribution in [0.4, 0.5) is 8.78 Å². The first-order valence-electron chi connectivity index (χ1n) is 6.64. The average molecular weight is 267 g/mol. The van der Waals surface area contributed by atoms with E-state index in [1.165, 1.54) is 6.07 Å². The molecule has 1 aromatic carbocycles.